The average Bonchev–Trinajstić information content (AvgIpc) is 3.08. The first kappa shape index (κ1) is 16.9. The van der Waals surface area contributed by atoms with Gasteiger partial charge in [0.1, 0.15) is 0 Å². The summed E-state index contributed by atoms with van der Waals surface area (Å²) in [7, 11) is 0. The van der Waals surface area contributed by atoms with E-state index in [0.29, 0.717) is 18.2 Å². The highest BCUT2D eigenvalue weighted by Gasteiger charge is 2.15. The number of ether oxygens (including phenoxy) is 1. The first-order valence-corrected chi connectivity index (χ1v) is 8.25. The summed E-state index contributed by atoms with van der Waals surface area (Å²) in [6, 6.07) is 7.80. The lowest BCUT2D eigenvalue weighted by molar-refractivity contribution is -0.145. The van der Waals surface area contributed by atoms with Crippen molar-refractivity contribution < 1.29 is 9.53 Å². The summed E-state index contributed by atoms with van der Waals surface area (Å²) in [4.78, 5) is 24.2. The van der Waals surface area contributed by atoms with Crippen molar-refractivity contribution in [3.05, 3.63) is 47.8 Å². The van der Waals surface area contributed by atoms with Gasteiger partial charge in [-0.1, -0.05) is 29.8 Å². The Morgan fingerprint density at radius 2 is 2.08 bits per heavy atom. The number of allylic oxidation sites excluding steroid dienone is 2. The molecule has 1 aliphatic rings. The molecule has 0 radical (unpaired) electrons. The molecule has 25 heavy (non-hydrogen) atoms. The molecule has 0 amide bonds. The van der Waals surface area contributed by atoms with Gasteiger partial charge in [-0.05, 0) is 37.8 Å². The smallest absolute Gasteiger partial charge is 0.306 e. The van der Waals surface area contributed by atoms with E-state index in [-0.39, 0.29) is 24.4 Å². The Labute approximate surface area is 146 Å². The number of carbonyl (C=O) groups excluding carboxylic acids is 1. The van der Waals surface area contributed by atoms with Gasteiger partial charge in [-0.3, -0.25) is 4.79 Å². The molecule has 0 unspecified atom stereocenters. The molecule has 7 nitrogen and oxygen atoms in total. The van der Waals surface area contributed by atoms with Gasteiger partial charge in [-0.15, -0.1) is 0 Å². The second-order valence-electron chi connectivity index (χ2n) is 6.05. The number of nitrogens with one attached hydrogen (secondary N) is 1. The zero-order chi connectivity index (χ0) is 17.6. The normalized spacial score (nSPS) is 16.0. The van der Waals surface area contributed by atoms with Gasteiger partial charge < -0.3 is 15.8 Å². The first-order valence-electron chi connectivity index (χ1n) is 8.25. The third-order valence-electron chi connectivity index (χ3n) is 3.91. The minimum absolute atomic E-state index is 0.0232. The maximum atomic E-state index is 11.9. The van der Waals surface area contributed by atoms with Gasteiger partial charge in [0.2, 0.25) is 11.9 Å². The number of nitrogen functional groups attached to an aromatic ring is 1. The van der Waals surface area contributed by atoms with E-state index in [2.05, 4.69) is 32.4 Å². The van der Waals surface area contributed by atoms with Crippen LogP contribution in [0.3, 0.4) is 0 Å². The minimum Gasteiger partial charge on any atom is -0.457 e. The van der Waals surface area contributed by atoms with E-state index in [9.17, 15) is 4.79 Å². The van der Waals surface area contributed by atoms with Crippen LogP contribution in [0.15, 0.2) is 36.4 Å². The van der Waals surface area contributed by atoms with Crippen LogP contribution in [0.4, 0.5) is 17.6 Å². The lowest BCUT2D eigenvalue weighted by atomic mass is 10.1. The molecule has 0 bridgehead atoms. The van der Waals surface area contributed by atoms with Gasteiger partial charge in [0.05, 0.1) is 6.42 Å². The molecule has 3 rings (SSSR count). The van der Waals surface area contributed by atoms with Gasteiger partial charge in [0.25, 0.3) is 0 Å². The van der Waals surface area contributed by atoms with Crippen LogP contribution in [-0.2, 0) is 16.1 Å². The maximum Gasteiger partial charge on any atom is 0.306 e. The maximum absolute atomic E-state index is 11.9. The number of aryl methyl sites for hydroxylation is 1. The third kappa shape index (κ3) is 5.00. The summed E-state index contributed by atoms with van der Waals surface area (Å²) in [6.07, 6.45) is 6.55. The second-order valence-corrected chi connectivity index (χ2v) is 6.05. The highest BCUT2D eigenvalue weighted by molar-refractivity contribution is 5.70. The fourth-order valence-corrected chi connectivity index (χ4v) is 2.61. The van der Waals surface area contributed by atoms with E-state index in [1.165, 1.54) is 0 Å². The van der Waals surface area contributed by atoms with Crippen LogP contribution >= 0.6 is 0 Å². The summed E-state index contributed by atoms with van der Waals surface area (Å²) in [5.74, 6) is 0.728. The molecule has 130 valence electrons. The van der Waals surface area contributed by atoms with Crippen LogP contribution in [0.1, 0.15) is 30.7 Å². The van der Waals surface area contributed by atoms with Crippen LogP contribution in [0, 0.1) is 12.8 Å². The topological polar surface area (TPSA) is 103 Å². The van der Waals surface area contributed by atoms with Crippen molar-refractivity contribution in [2.45, 2.75) is 32.8 Å². The molecule has 0 aliphatic heterocycles. The molecule has 1 heterocycles. The molecule has 1 aromatic carbocycles. The largest absolute Gasteiger partial charge is 0.457 e. The molecule has 1 aromatic heterocycles. The fourth-order valence-electron chi connectivity index (χ4n) is 2.61. The molecule has 1 aliphatic carbocycles. The minimum atomic E-state index is -0.261. The number of nitrogens with zero attached hydrogens (tertiary/aromatic N) is 3. The van der Waals surface area contributed by atoms with Crippen LogP contribution in [0.5, 0.6) is 0 Å². The van der Waals surface area contributed by atoms with Gasteiger partial charge in [-0.2, -0.15) is 15.0 Å². The molecule has 0 spiro atoms. The molecule has 0 saturated carbocycles. The number of esters is 1. The van der Waals surface area contributed by atoms with Crippen molar-refractivity contribution >= 4 is 23.6 Å². The van der Waals surface area contributed by atoms with Gasteiger partial charge in [-0.25, -0.2) is 0 Å². The molecule has 2 aromatic rings. The molecular formula is C18H21N5O2. The Morgan fingerprint density at radius 1 is 1.28 bits per heavy atom. The van der Waals surface area contributed by atoms with Crippen molar-refractivity contribution in [2.75, 3.05) is 11.1 Å². The second kappa shape index (κ2) is 7.74. The van der Waals surface area contributed by atoms with E-state index in [1.54, 1.807) is 0 Å². The predicted molar refractivity (Wildman–Crippen MR) is 95.0 cm³/mol. The van der Waals surface area contributed by atoms with Crippen LogP contribution in [0.25, 0.3) is 0 Å². The van der Waals surface area contributed by atoms with Gasteiger partial charge in [0, 0.05) is 5.69 Å². The number of nitrogens with two attached hydrogens (primary N) is 1. The molecule has 7 heteroatoms. The van der Waals surface area contributed by atoms with Crippen molar-refractivity contribution in [3.8, 4) is 0 Å². The van der Waals surface area contributed by atoms with E-state index in [1.807, 2.05) is 31.2 Å². The average molecular weight is 339 g/mol. The zero-order valence-electron chi connectivity index (χ0n) is 14.1. The van der Waals surface area contributed by atoms with E-state index in [4.69, 9.17) is 10.5 Å². The predicted octanol–water partition coefficient (Wildman–Crippen LogP) is 2.91. The molecule has 1 atom stereocenters. The Kier molecular flexibility index (Phi) is 5.23. The van der Waals surface area contributed by atoms with Crippen LogP contribution in [-0.4, -0.2) is 20.9 Å². The van der Waals surface area contributed by atoms with Gasteiger partial charge >= 0.3 is 5.97 Å². The first-order chi connectivity index (χ1) is 12.1. The summed E-state index contributed by atoms with van der Waals surface area (Å²) < 4.78 is 5.26. The van der Waals surface area contributed by atoms with Crippen LogP contribution < -0.4 is 11.1 Å². The van der Waals surface area contributed by atoms with Crippen molar-refractivity contribution in [1.82, 2.24) is 15.0 Å². The monoisotopic (exact) mass is 339 g/mol. The van der Waals surface area contributed by atoms with Gasteiger partial charge in [0.15, 0.2) is 12.4 Å². The van der Waals surface area contributed by atoms with Crippen molar-refractivity contribution in [1.29, 1.82) is 0 Å². The molecule has 0 fully saturated rings. The fraction of sp³-hybridized carbons (Fsp3) is 0.333. The zero-order valence-corrected chi connectivity index (χ0v) is 14.1. The lowest BCUT2D eigenvalue weighted by Gasteiger charge is -2.09. The lowest BCUT2D eigenvalue weighted by Crippen LogP contribution is -2.12. The quantitative estimate of drug-likeness (QED) is 0.616. The highest BCUT2D eigenvalue weighted by atomic mass is 16.5. The van der Waals surface area contributed by atoms with Crippen molar-refractivity contribution in [2.24, 2.45) is 5.92 Å². The summed E-state index contributed by atoms with van der Waals surface area (Å²) >= 11 is 0. The van der Waals surface area contributed by atoms with Crippen LogP contribution in [0.2, 0.25) is 0 Å². The summed E-state index contributed by atoms with van der Waals surface area (Å²) in [5.41, 5.74) is 7.72. The Balaban J connectivity index is 1.59. The third-order valence-corrected chi connectivity index (χ3v) is 3.91. The number of rotatable bonds is 6. The Hall–Kier alpha value is -2.96. The molecule has 0 saturated heterocycles. The van der Waals surface area contributed by atoms with E-state index < -0.39 is 0 Å². The SMILES string of the molecule is Cc1ccc(Nc2nc(N)nc(COC(=O)C[C@@H]3C=CCC3)n2)cc1. The highest BCUT2D eigenvalue weighted by Crippen LogP contribution is 2.21. The number of benzene rings is 1. The Bertz CT molecular complexity index is 774. The number of anilines is 3. The number of aromatic nitrogens is 3. The molecule has 3 N–H and O–H groups in total. The van der Waals surface area contributed by atoms with E-state index in [0.717, 1.165) is 24.1 Å². The summed E-state index contributed by atoms with van der Waals surface area (Å²) in [5, 5.41) is 3.07. The number of hydrogen-bond acceptors (Lipinski definition) is 7. The van der Waals surface area contributed by atoms with Crippen molar-refractivity contribution in [3.63, 3.8) is 0 Å². The number of carbonyl (C=O) groups is 1. The number of hydrogen-bond donors (Lipinski definition) is 2. The van der Waals surface area contributed by atoms with E-state index >= 15 is 0 Å². The Morgan fingerprint density at radius 3 is 2.80 bits per heavy atom. The summed E-state index contributed by atoms with van der Waals surface area (Å²) in [6.45, 7) is 1.99. The molecular weight excluding hydrogens is 318 g/mol. The standard InChI is InChI=1S/C18H21N5O2/c1-12-6-8-14(9-7-12)20-18-22-15(21-17(19)23-18)11-25-16(24)10-13-4-2-3-5-13/h2,4,6-9,13H,3,5,10-11H2,1H3,(H3,19,20,21,22,23)/t13-/m1/s1.